The van der Waals surface area contributed by atoms with E-state index in [1.165, 1.54) is 19.3 Å². The van der Waals surface area contributed by atoms with Gasteiger partial charge in [-0.15, -0.1) is 0 Å². The molecule has 0 saturated carbocycles. The Kier molecular flexibility index (Phi) is 4.03. The van der Waals surface area contributed by atoms with Crippen LogP contribution in [0.1, 0.15) is 38.1 Å². The number of nitrogens with zero attached hydrogens (tertiary/aromatic N) is 3. The van der Waals surface area contributed by atoms with Gasteiger partial charge in [-0.3, -0.25) is 4.90 Å². The van der Waals surface area contributed by atoms with E-state index in [1.807, 2.05) is 12.1 Å². The van der Waals surface area contributed by atoms with E-state index in [4.69, 9.17) is 4.98 Å². The van der Waals surface area contributed by atoms with Crippen LogP contribution in [0, 0.1) is 0 Å². The first-order valence-corrected chi connectivity index (χ1v) is 7.61. The van der Waals surface area contributed by atoms with Crippen molar-refractivity contribution in [3.63, 3.8) is 0 Å². The smallest absolute Gasteiger partial charge is 0.127 e. The van der Waals surface area contributed by atoms with E-state index < -0.39 is 0 Å². The number of para-hydroxylation sites is 2. The molecular weight excluding hydrogens is 250 g/mol. The van der Waals surface area contributed by atoms with E-state index in [0.717, 1.165) is 29.9 Å². The molecule has 1 aliphatic heterocycles. The molecule has 0 aliphatic carbocycles. The van der Waals surface area contributed by atoms with Crippen LogP contribution in [0.15, 0.2) is 24.3 Å². The quantitative estimate of drug-likeness (QED) is 0.931. The average molecular weight is 273 g/mol. The van der Waals surface area contributed by atoms with E-state index in [2.05, 4.69) is 28.5 Å². The molecule has 0 spiro atoms. The molecule has 4 heteroatoms. The van der Waals surface area contributed by atoms with Crippen molar-refractivity contribution >= 4 is 11.0 Å². The lowest BCUT2D eigenvalue weighted by Crippen LogP contribution is -2.33. The fourth-order valence-corrected chi connectivity index (χ4v) is 3.22. The van der Waals surface area contributed by atoms with Crippen LogP contribution in [0.5, 0.6) is 0 Å². The number of hydrogen-bond donors (Lipinski definition) is 1. The van der Waals surface area contributed by atoms with Gasteiger partial charge in [-0.25, -0.2) is 4.98 Å². The molecule has 0 radical (unpaired) electrons. The Labute approximate surface area is 120 Å². The van der Waals surface area contributed by atoms with Crippen molar-refractivity contribution < 1.29 is 5.11 Å². The van der Waals surface area contributed by atoms with Gasteiger partial charge in [0.1, 0.15) is 5.82 Å². The summed E-state index contributed by atoms with van der Waals surface area (Å²) in [7, 11) is 0. The van der Waals surface area contributed by atoms with Crippen molar-refractivity contribution in [1.82, 2.24) is 14.5 Å². The van der Waals surface area contributed by atoms with Gasteiger partial charge in [0.2, 0.25) is 0 Å². The number of piperidine rings is 1. The highest BCUT2D eigenvalue weighted by Gasteiger charge is 2.23. The molecule has 4 nitrogen and oxygen atoms in total. The molecule has 1 N–H and O–H groups in total. The third-order valence-corrected chi connectivity index (χ3v) is 4.32. The largest absolute Gasteiger partial charge is 0.395 e. The number of hydrogen-bond acceptors (Lipinski definition) is 3. The topological polar surface area (TPSA) is 41.3 Å². The van der Waals surface area contributed by atoms with Gasteiger partial charge in [0, 0.05) is 6.54 Å². The van der Waals surface area contributed by atoms with Gasteiger partial charge >= 0.3 is 0 Å². The van der Waals surface area contributed by atoms with Crippen LogP contribution in [0.25, 0.3) is 11.0 Å². The molecule has 1 atom stereocenters. The van der Waals surface area contributed by atoms with E-state index in [-0.39, 0.29) is 6.61 Å². The zero-order valence-electron chi connectivity index (χ0n) is 12.1. The molecule has 0 bridgehead atoms. The maximum Gasteiger partial charge on any atom is 0.127 e. The molecule has 2 heterocycles. The highest BCUT2D eigenvalue weighted by Crippen LogP contribution is 2.26. The predicted molar refractivity (Wildman–Crippen MR) is 80.7 cm³/mol. The summed E-state index contributed by atoms with van der Waals surface area (Å²) in [6.07, 6.45) is 3.91. The zero-order chi connectivity index (χ0) is 13.9. The monoisotopic (exact) mass is 273 g/mol. The molecule has 1 fully saturated rings. The second kappa shape index (κ2) is 5.94. The van der Waals surface area contributed by atoms with E-state index in [9.17, 15) is 5.11 Å². The van der Waals surface area contributed by atoms with Gasteiger partial charge in [-0.1, -0.05) is 18.6 Å². The minimum absolute atomic E-state index is 0.153. The normalized spacial score (nSPS) is 18.5. The molecule has 2 aromatic rings. The SMILES string of the molecule is CC(c1nc2ccccc2n1CCO)N1CCCCC1. The predicted octanol–water partition coefficient (Wildman–Crippen LogP) is 2.58. The van der Waals surface area contributed by atoms with Crippen molar-refractivity contribution in [2.75, 3.05) is 19.7 Å². The Morgan fingerprint density at radius 1 is 1.20 bits per heavy atom. The van der Waals surface area contributed by atoms with E-state index in [0.29, 0.717) is 12.6 Å². The van der Waals surface area contributed by atoms with Crippen LogP contribution >= 0.6 is 0 Å². The number of likely N-dealkylation sites (tertiary alicyclic amines) is 1. The van der Waals surface area contributed by atoms with Crippen molar-refractivity contribution in [3.8, 4) is 0 Å². The van der Waals surface area contributed by atoms with Crippen molar-refractivity contribution in [2.45, 2.75) is 38.8 Å². The zero-order valence-corrected chi connectivity index (χ0v) is 12.1. The standard InChI is InChI=1S/C16H23N3O/c1-13(18-9-5-2-6-10-18)16-17-14-7-3-4-8-15(14)19(16)11-12-20/h3-4,7-8,13,20H,2,5-6,9-12H2,1H3. The fraction of sp³-hybridized carbons (Fsp3) is 0.562. The molecule has 1 aromatic heterocycles. The molecule has 20 heavy (non-hydrogen) atoms. The molecule has 1 aliphatic rings. The van der Waals surface area contributed by atoms with E-state index >= 15 is 0 Å². The summed E-state index contributed by atoms with van der Waals surface area (Å²) in [4.78, 5) is 7.33. The van der Waals surface area contributed by atoms with Crippen LogP contribution in [0.2, 0.25) is 0 Å². The highest BCUT2D eigenvalue weighted by molar-refractivity contribution is 5.76. The third-order valence-electron chi connectivity index (χ3n) is 4.32. The first-order valence-electron chi connectivity index (χ1n) is 7.61. The lowest BCUT2D eigenvalue weighted by molar-refractivity contribution is 0.164. The van der Waals surface area contributed by atoms with Gasteiger partial charge < -0.3 is 9.67 Å². The fourth-order valence-electron chi connectivity index (χ4n) is 3.22. The summed E-state index contributed by atoms with van der Waals surface area (Å²) in [5, 5.41) is 9.35. The lowest BCUT2D eigenvalue weighted by Gasteiger charge is -2.32. The van der Waals surface area contributed by atoms with Crippen LogP contribution in [0.3, 0.4) is 0 Å². The second-order valence-corrected chi connectivity index (χ2v) is 5.61. The summed E-state index contributed by atoms with van der Waals surface area (Å²) in [6.45, 7) is 5.32. The first-order chi connectivity index (χ1) is 9.81. The number of imidazole rings is 1. The average Bonchev–Trinajstić information content (AvgIpc) is 2.87. The van der Waals surface area contributed by atoms with Crippen LogP contribution in [-0.2, 0) is 6.54 Å². The molecule has 108 valence electrons. The number of rotatable bonds is 4. The third kappa shape index (κ3) is 2.45. The molecule has 1 saturated heterocycles. The summed E-state index contributed by atoms with van der Waals surface area (Å²) >= 11 is 0. The summed E-state index contributed by atoms with van der Waals surface area (Å²) < 4.78 is 2.18. The molecule has 1 unspecified atom stereocenters. The molecule has 0 amide bonds. The summed E-state index contributed by atoms with van der Waals surface area (Å²) in [6, 6.07) is 8.51. The number of fused-ring (bicyclic) bond motifs is 1. The molecule has 1 aromatic carbocycles. The molecular formula is C16H23N3O. The van der Waals surface area contributed by atoms with Gasteiger partial charge in [0.15, 0.2) is 0 Å². The van der Waals surface area contributed by atoms with Crippen LogP contribution in [-0.4, -0.2) is 39.3 Å². The maximum atomic E-state index is 9.35. The Morgan fingerprint density at radius 3 is 2.70 bits per heavy atom. The minimum atomic E-state index is 0.153. The van der Waals surface area contributed by atoms with Crippen molar-refractivity contribution in [1.29, 1.82) is 0 Å². The maximum absolute atomic E-state index is 9.35. The van der Waals surface area contributed by atoms with Gasteiger partial charge in [0.25, 0.3) is 0 Å². The summed E-state index contributed by atoms with van der Waals surface area (Å²) in [5.74, 6) is 1.09. The number of aromatic nitrogens is 2. The number of benzene rings is 1. The number of aliphatic hydroxyl groups excluding tert-OH is 1. The Balaban J connectivity index is 1.98. The Bertz CT molecular complexity index is 572. The van der Waals surface area contributed by atoms with Crippen molar-refractivity contribution in [3.05, 3.63) is 30.1 Å². The highest BCUT2D eigenvalue weighted by atomic mass is 16.3. The first kappa shape index (κ1) is 13.6. The van der Waals surface area contributed by atoms with Gasteiger partial charge in [-0.05, 0) is 45.0 Å². The van der Waals surface area contributed by atoms with Gasteiger partial charge in [0.05, 0.1) is 23.7 Å². The Hall–Kier alpha value is -1.39. The molecule has 3 rings (SSSR count). The summed E-state index contributed by atoms with van der Waals surface area (Å²) in [5.41, 5.74) is 2.15. The van der Waals surface area contributed by atoms with Gasteiger partial charge in [-0.2, -0.15) is 0 Å². The lowest BCUT2D eigenvalue weighted by atomic mass is 10.1. The Morgan fingerprint density at radius 2 is 1.95 bits per heavy atom. The minimum Gasteiger partial charge on any atom is -0.395 e. The van der Waals surface area contributed by atoms with Crippen molar-refractivity contribution in [2.24, 2.45) is 0 Å². The van der Waals surface area contributed by atoms with Crippen LogP contribution in [0.4, 0.5) is 0 Å². The second-order valence-electron chi connectivity index (χ2n) is 5.61. The van der Waals surface area contributed by atoms with Crippen LogP contribution < -0.4 is 0 Å². The van der Waals surface area contributed by atoms with E-state index in [1.54, 1.807) is 0 Å². The number of aliphatic hydroxyl groups is 1.